The molecule has 0 radical (unpaired) electrons. The second-order valence-corrected chi connectivity index (χ2v) is 9.53. The van der Waals surface area contributed by atoms with Gasteiger partial charge in [-0.25, -0.2) is 0 Å². The Morgan fingerprint density at radius 3 is 1.77 bits per heavy atom. The first-order valence-corrected chi connectivity index (χ1v) is 12.7. The molecule has 0 unspecified atom stereocenters. The molecule has 0 bridgehead atoms. The summed E-state index contributed by atoms with van der Waals surface area (Å²) in [4.78, 5) is 2.38. The Bertz CT molecular complexity index is 1020. The van der Waals surface area contributed by atoms with Crippen LogP contribution in [0.3, 0.4) is 0 Å². The minimum absolute atomic E-state index is 0.0168. The summed E-state index contributed by atoms with van der Waals surface area (Å²) in [5.74, 6) is 0. The van der Waals surface area contributed by atoms with Crippen LogP contribution in [0.15, 0.2) is 91.0 Å². The van der Waals surface area contributed by atoms with Crippen LogP contribution in [0.4, 0.5) is 0 Å². The van der Waals surface area contributed by atoms with Crippen LogP contribution in [-0.4, -0.2) is 53.6 Å². The van der Waals surface area contributed by atoms with Gasteiger partial charge in [0.05, 0.1) is 44.6 Å². The van der Waals surface area contributed by atoms with Gasteiger partial charge in [-0.3, -0.25) is 4.90 Å². The van der Waals surface area contributed by atoms with Gasteiger partial charge in [0.2, 0.25) is 0 Å². The van der Waals surface area contributed by atoms with E-state index in [0.717, 1.165) is 36.1 Å². The molecular weight excluding hydrogens is 438 g/mol. The zero-order chi connectivity index (χ0) is 23.9. The molecule has 1 N–H and O–H groups in total. The third-order valence-electron chi connectivity index (χ3n) is 7.13. The maximum absolute atomic E-state index is 11.1. The molecule has 2 aliphatic heterocycles. The van der Waals surface area contributed by atoms with Crippen molar-refractivity contribution in [1.82, 2.24) is 4.90 Å². The van der Waals surface area contributed by atoms with Gasteiger partial charge >= 0.3 is 0 Å². The van der Waals surface area contributed by atoms with Crippen LogP contribution in [0.1, 0.15) is 29.5 Å². The van der Waals surface area contributed by atoms with Gasteiger partial charge in [-0.2, -0.15) is 0 Å². The molecule has 0 aliphatic carbocycles. The van der Waals surface area contributed by atoms with Crippen molar-refractivity contribution in [2.45, 2.75) is 63.1 Å². The van der Waals surface area contributed by atoms with Gasteiger partial charge in [-0.1, -0.05) is 91.0 Å². The van der Waals surface area contributed by atoms with Gasteiger partial charge in [-0.15, -0.1) is 0 Å². The lowest BCUT2D eigenvalue weighted by Gasteiger charge is -2.38. The van der Waals surface area contributed by atoms with Gasteiger partial charge in [-0.05, 0) is 36.1 Å². The van der Waals surface area contributed by atoms with Crippen LogP contribution < -0.4 is 0 Å². The van der Waals surface area contributed by atoms with Crippen molar-refractivity contribution in [2.75, 3.05) is 13.2 Å². The molecular formula is C30H35NO4. The standard InChI is InChI=1S/C30H35NO4/c32-27-17-10-18-31-26(22-33-19-23-11-4-1-5-12-23)29(34-20-24-13-6-2-7-14-24)30(28(27)31)35-21-25-15-8-3-9-16-25/h1-9,11-16,26-30,32H,10,17-22H2/t26-,27-,28-,29-,30-/m1/s1. The number of hydrogen-bond acceptors (Lipinski definition) is 5. The van der Waals surface area contributed by atoms with Crippen molar-refractivity contribution in [3.8, 4) is 0 Å². The Morgan fingerprint density at radius 2 is 1.20 bits per heavy atom. The Labute approximate surface area is 208 Å². The van der Waals surface area contributed by atoms with Crippen LogP contribution in [0.2, 0.25) is 0 Å². The van der Waals surface area contributed by atoms with E-state index in [9.17, 15) is 5.11 Å². The van der Waals surface area contributed by atoms with Crippen LogP contribution in [0, 0.1) is 0 Å². The number of ether oxygens (including phenoxy) is 3. The number of benzene rings is 3. The monoisotopic (exact) mass is 473 g/mol. The van der Waals surface area contributed by atoms with Crippen LogP contribution in [0.5, 0.6) is 0 Å². The summed E-state index contributed by atoms with van der Waals surface area (Å²) < 4.78 is 19.4. The zero-order valence-corrected chi connectivity index (χ0v) is 20.1. The number of hydrogen-bond donors (Lipinski definition) is 1. The van der Waals surface area contributed by atoms with Crippen LogP contribution in [0.25, 0.3) is 0 Å². The molecule has 5 atom stereocenters. The third-order valence-corrected chi connectivity index (χ3v) is 7.13. The number of nitrogens with zero attached hydrogens (tertiary/aromatic N) is 1. The van der Waals surface area contributed by atoms with E-state index >= 15 is 0 Å². The lowest BCUT2D eigenvalue weighted by Crippen LogP contribution is -2.51. The number of piperidine rings is 1. The van der Waals surface area contributed by atoms with E-state index in [1.165, 1.54) is 0 Å². The Hall–Kier alpha value is -2.54. The fraction of sp³-hybridized carbons (Fsp3) is 0.400. The zero-order valence-electron chi connectivity index (χ0n) is 20.1. The number of fused-ring (bicyclic) bond motifs is 1. The molecule has 0 amide bonds. The first-order chi connectivity index (χ1) is 17.3. The van der Waals surface area contributed by atoms with Gasteiger partial charge in [0.15, 0.2) is 0 Å². The van der Waals surface area contributed by atoms with E-state index in [4.69, 9.17) is 14.2 Å². The summed E-state index contributed by atoms with van der Waals surface area (Å²) in [5.41, 5.74) is 3.40. The fourth-order valence-electron chi connectivity index (χ4n) is 5.42. The van der Waals surface area contributed by atoms with Gasteiger partial charge in [0.25, 0.3) is 0 Å². The number of rotatable bonds is 10. The van der Waals surface area contributed by atoms with E-state index in [0.29, 0.717) is 26.4 Å². The predicted molar refractivity (Wildman–Crippen MR) is 136 cm³/mol. The molecule has 5 heteroatoms. The van der Waals surface area contributed by atoms with E-state index in [1.807, 2.05) is 54.6 Å². The molecule has 184 valence electrons. The SMILES string of the molecule is O[C@@H]1CCCN2[C@H]1[C@@H](OCc1ccccc1)[C@H](OCc1ccccc1)[C@H]2COCc1ccccc1. The van der Waals surface area contributed by atoms with Crippen molar-refractivity contribution in [2.24, 2.45) is 0 Å². The average Bonchev–Trinajstić information content (AvgIpc) is 3.21. The quantitative estimate of drug-likeness (QED) is 0.467. The summed E-state index contributed by atoms with van der Waals surface area (Å²) in [6.45, 7) is 2.99. The molecule has 0 saturated carbocycles. The van der Waals surface area contributed by atoms with E-state index in [2.05, 4.69) is 41.3 Å². The Morgan fingerprint density at radius 1 is 0.686 bits per heavy atom. The summed E-state index contributed by atoms with van der Waals surface area (Å²) >= 11 is 0. The Balaban J connectivity index is 1.35. The molecule has 0 aromatic heterocycles. The average molecular weight is 474 g/mol. The maximum atomic E-state index is 11.1. The largest absolute Gasteiger partial charge is 0.391 e. The normalized spacial score (nSPS) is 26.5. The summed E-state index contributed by atoms with van der Waals surface area (Å²) in [6, 6.07) is 30.6. The minimum Gasteiger partial charge on any atom is -0.391 e. The lowest BCUT2D eigenvalue weighted by molar-refractivity contribution is -0.0967. The van der Waals surface area contributed by atoms with Crippen molar-refractivity contribution < 1.29 is 19.3 Å². The molecule has 5 nitrogen and oxygen atoms in total. The van der Waals surface area contributed by atoms with E-state index in [-0.39, 0.29) is 24.3 Å². The molecule has 2 fully saturated rings. The van der Waals surface area contributed by atoms with Crippen molar-refractivity contribution in [3.05, 3.63) is 108 Å². The molecule has 0 spiro atoms. The van der Waals surface area contributed by atoms with Crippen molar-refractivity contribution in [1.29, 1.82) is 0 Å². The molecule has 5 rings (SSSR count). The summed E-state index contributed by atoms with van der Waals surface area (Å²) in [7, 11) is 0. The highest BCUT2D eigenvalue weighted by Crippen LogP contribution is 2.37. The van der Waals surface area contributed by atoms with Gasteiger partial charge in [0, 0.05) is 0 Å². The minimum atomic E-state index is -0.438. The first-order valence-electron chi connectivity index (χ1n) is 12.7. The predicted octanol–water partition coefficient (Wildman–Crippen LogP) is 4.58. The summed E-state index contributed by atoms with van der Waals surface area (Å²) in [5, 5.41) is 11.1. The molecule has 2 saturated heterocycles. The second kappa shape index (κ2) is 11.9. The highest BCUT2D eigenvalue weighted by molar-refractivity contribution is 5.16. The van der Waals surface area contributed by atoms with Crippen LogP contribution in [-0.2, 0) is 34.0 Å². The van der Waals surface area contributed by atoms with Crippen molar-refractivity contribution >= 4 is 0 Å². The van der Waals surface area contributed by atoms with E-state index < -0.39 is 6.10 Å². The fourth-order valence-corrected chi connectivity index (χ4v) is 5.42. The Kier molecular flexibility index (Phi) is 8.24. The molecule has 2 heterocycles. The third kappa shape index (κ3) is 6.00. The van der Waals surface area contributed by atoms with Gasteiger partial charge < -0.3 is 19.3 Å². The van der Waals surface area contributed by atoms with E-state index in [1.54, 1.807) is 0 Å². The highest BCUT2D eigenvalue weighted by Gasteiger charge is 2.54. The molecule has 3 aromatic carbocycles. The first kappa shape index (κ1) is 24.2. The molecule has 2 aliphatic rings. The number of aliphatic hydroxyl groups is 1. The topological polar surface area (TPSA) is 51.2 Å². The number of aliphatic hydroxyl groups excluding tert-OH is 1. The highest BCUT2D eigenvalue weighted by atomic mass is 16.5. The van der Waals surface area contributed by atoms with Gasteiger partial charge in [0.1, 0.15) is 12.2 Å². The molecule has 3 aromatic rings. The smallest absolute Gasteiger partial charge is 0.104 e. The maximum Gasteiger partial charge on any atom is 0.104 e. The van der Waals surface area contributed by atoms with Crippen LogP contribution >= 0.6 is 0 Å². The lowest BCUT2D eigenvalue weighted by atomic mass is 9.96. The summed E-state index contributed by atoms with van der Waals surface area (Å²) in [6.07, 6.45) is 0.873. The second-order valence-electron chi connectivity index (χ2n) is 9.53. The van der Waals surface area contributed by atoms with Crippen molar-refractivity contribution in [3.63, 3.8) is 0 Å². The molecule has 35 heavy (non-hydrogen) atoms.